The second-order valence-electron chi connectivity index (χ2n) is 1.55. The molecule has 0 saturated carbocycles. The molecule has 0 aliphatic heterocycles. The summed E-state index contributed by atoms with van der Waals surface area (Å²) in [6, 6.07) is 0.271. The molecule has 2 N–H and O–H groups in total. The molecule has 3 heteroatoms. The lowest BCUT2D eigenvalue weighted by atomic mass is 10.4. The minimum atomic E-state index is -0.266. The number of aliphatic hydroxyl groups excluding tert-OH is 1. The summed E-state index contributed by atoms with van der Waals surface area (Å²) in [4.78, 5) is 4.40. The standard InChI is InChI=1S/C4H11NO2/c1-4(2)5-7-3-6/h4-6H,3H2,1-2H3. The van der Waals surface area contributed by atoms with Crippen LogP contribution in [0.5, 0.6) is 0 Å². The van der Waals surface area contributed by atoms with Gasteiger partial charge < -0.3 is 5.11 Å². The normalized spacial score (nSPS) is 10.3. The topological polar surface area (TPSA) is 41.5 Å². The van der Waals surface area contributed by atoms with Gasteiger partial charge in [0.2, 0.25) is 0 Å². The first-order valence-electron chi connectivity index (χ1n) is 2.25. The van der Waals surface area contributed by atoms with Crippen molar-refractivity contribution >= 4 is 0 Å². The lowest BCUT2D eigenvalue weighted by Gasteiger charge is -2.03. The molecule has 3 nitrogen and oxygen atoms in total. The lowest BCUT2D eigenvalue weighted by Crippen LogP contribution is -2.23. The predicted molar refractivity (Wildman–Crippen MR) is 26.4 cm³/mol. The first-order chi connectivity index (χ1) is 3.27. The van der Waals surface area contributed by atoms with Crippen molar-refractivity contribution in [3.63, 3.8) is 0 Å². The van der Waals surface area contributed by atoms with Gasteiger partial charge in [-0.25, -0.2) is 0 Å². The van der Waals surface area contributed by atoms with E-state index in [2.05, 4.69) is 10.3 Å². The van der Waals surface area contributed by atoms with Crippen molar-refractivity contribution < 1.29 is 9.94 Å². The van der Waals surface area contributed by atoms with Crippen LogP contribution >= 0.6 is 0 Å². The summed E-state index contributed by atoms with van der Waals surface area (Å²) in [7, 11) is 0. The van der Waals surface area contributed by atoms with Crippen LogP contribution in [0.15, 0.2) is 0 Å². The molecule has 7 heavy (non-hydrogen) atoms. The van der Waals surface area contributed by atoms with E-state index in [4.69, 9.17) is 5.11 Å². The first-order valence-corrected chi connectivity index (χ1v) is 2.25. The summed E-state index contributed by atoms with van der Waals surface area (Å²) in [5.41, 5.74) is 2.55. The van der Waals surface area contributed by atoms with Crippen molar-refractivity contribution in [2.75, 3.05) is 6.79 Å². The van der Waals surface area contributed by atoms with Gasteiger partial charge in [-0.1, -0.05) is 0 Å². The maximum absolute atomic E-state index is 8.03. The van der Waals surface area contributed by atoms with Gasteiger partial charge in [0.1, 0.15) is 0 Å². The number of hydroxylamine groups is 1. The number of aliphatic hydroxyl groups is 1. The lowest BCUT2D eigenvalue weighted by molar-refractivity contribution is -0.0709. The van der Waals surface area contributed by atoms with Crippen molar-refractivity contribution in [2.45, 2.75) is 19.9 Å². The van der Waals surface area contributed by atoms with E-state index < -0.39 is 0 Å². The van der Waals surface area contributed by atoms with E-state index in [9.17, 15) is 0 Å². The Morgan fingerprint density at radius 3 is 2.43 bits per heavy atom. The fourth-order valence-corrected chi connectivity index (χ4v) is 0.204. The Morgan fingerprint density at radius 2 is 2.29 bits per heavy atom. The van der Waals surface area contributed by atoms with Gasteiger partial charge in [0.15, 0.2) is 6.79 Å². The molecule has 0 amide bonds. The van der Waals surface area contributed by atoms with E-state index in [-0.39, 0.29) is 12.8 Å². The number of hydrogen-bond acceptors (Lipinski definition) is 3. The fourth-order valence-electron chi connectivity index (χ4n) is 0.204. The SMILES string of the molecule is CC(C)NOCO. The number of hydrogen-bond donors (Lipinski definition) is 2. The maximum atomic E-state index is 8.03. The molecule has 0 radical (unpaired) electrons. The van der Waals surface area contributed by atoms with Crippen LogP contribution in [0.4, 0.5) is 0 Å². The smallest absolute Gasteiger partial charge is 0.163 e. The second kappa shape index (κ2) is 4.05. The van der Waals surface area contributed by atoms with Crippen molar-refractivity contribution in [1.29, 1.82) is 0 Å². The molecule has 0 aliphatic carbocycles. The first kappa shape index (κ1) is 6.88. The molecule has 0 aliphatic rings. The highest BCUT2D eigenvalue weighted by Gasteiger charge is 1.86. The van der Waals surface area contributed by atoms with Crippen LogP contribution < -0.4 is 5.48 Å². The predicted octanol–water partition coefficient (Wildman–Crippen LogP) is -0.134. The number of nitrogens with one attached hydrogen (secondary N) is 1. The van der Waals surface area contributed by atoms with Gasteiger partial charge in [0.25, 0.3) is 0 Å². The number of rotatable bonds is 3. The van der Waals surface area contributed by atoms with E-state index >= 15 is 0 Å². The zero-order valence-corrected chi connectivity index (χ0v) is 4.64. The molecule has 0 atom stereocenters. The Labute approximate surface area is 43.2 Å². The van der Waals surface area contributed by atoms with E-state index in [1.807, 2.05) is 13.8 Å². The summed E-state index contributed by atoms with van der Waals surface area (Å²) in [6.07, 6.45) is 0. The summed E-state index contributed by atoms with van der Waals surface area (Å²) < 4.78 is 0. The molecule has 0 aromatic carbocycles. The molecule has 0 aromatic rings. The summed E-state index contributed by atoms with van der Waals surface area (Å²) >= 11 is 0. The fraction of sp³-hybridized carbons (Fsp3) is 1.00. The zero-order valence-electron chi connectivity index (χ0n) is 4.64. The van der Waals surface area contributed by atoms with Crippen LogP contribution in [-0.2, 0) is 4.84 Å². The van der Waals surface area contributed by atoms with E-state index in [0.29, 0.717) is 0 Å². The van der Waals surface area contributed by atoms with E-state index in [0.717, 1.165) is 0 Å². The largest absolute Gasteiger partial charge is 0.369 e. The highest BCUT2D eigenvalue weighted by molar-refractivity contribution is 4.37. The molecule has 0 unspecified atom stereocenters. The van der Waals surface area contributed by atoms with Crippen molar-refractivity contribution in [3.8, 4) is 0 Å². The van der Waals surface area contributed by atoms with Gasteiger partial charge in [-0.15, -0.1) is 0 Å². The molecular formula is C4H11NO2. The average Bonchev–Trinajstić information content (AvgIpc) is 1.61. The summed E-state index contributed by atoms with van der Waals surface area (Å²) in [5.74, 6) is 0. The van der Waals surface area contributed by atoms with Gasteiger partial charge in [-0.3, -0.25) is 4.84 Å². The van der Waals surface area contributed by atoms with Crippen LogP contribution in [-0.4, -0.2) is 17.9 Å². The molecule has 0 bridgehead atoms. The molecular weight excluding hydrogens is 94.0 g/mol. The third-order valence-electron chi connectivity index (χ3n) is 0.384. The maximum Gasteiger partial charge on any atom is 0.163 e. The third-order valence-corrected chi connectivity index (χ3v) is 0.384. The Balaban J connectivity index is 2.68. The van der Waals surface area contributed by atoms with Crippen LogP contribution in [0, 0.1) is 0 Å². The second-order valence-corrected chi connectivity index (χ2v) is 1.55. The quantitative estimate of drug-likeness (QED) is 0.388. The molecule has 0 aromatic heterocycles. The van der Waals surface area contributed by atoms with Crippen molar-refractivity contribution in [2.24, 2.45) is 0 Å². The van der Waals surface area contributed by atoms with E-state index in [1.165, 1.54) is 0 Å². The monoisotopic (exact) mass is 105 g/mol. The van der Waals surface area contributed by atoms with Crippen LogP contribution in [0.25, 0.3) is 0 Å². The Morgan fingerprint density at radius 1 is 1.71 bits per heavy atom. The van der Waals surface area contributed by atoms with Crippen LogP contribution in [0.2, 0.25) is 0 Å². The summed E-state index contributed by atoms with van der Waals surface area (Å²) in [5, 5.41) is 8.03. The van der Waals surface area contributed by atoms with Gasteiger partial charge in [0, 0.05) is 6.04 Å². The van der Waals surface area contributed by atoms with Crippen molar-refractivity contribution in [1.82, 2.24) is 5.48 Å². The highest BCUT2D eigenvalue weighted by Crippen LogP contribution is 1.73. The Bertz CT molecular complexity index is 38.7. The Kier molecular flexibility index (Phi) is 3.98. The van der Waals surface area contributed by atoms with Gasteiger partial charge in [0.05, 0.1) is 0 Å². The summed E-state index contributed by atoms with van der Waals surface area (Å²) in [6.45, 7) is 3.59. The van der Waals surface area contributed by atoms with Gasteiger partial charge >= 0.3 is 0 Å². The Hall–Kier alpha value is -0.120. The molecule has 0 spiro atoms. The third kappa shape index (κ3) is 5.88. The van der Waals surface area contributed by atoms with Gasteiger partial charge in [-0.05, 0) is 13.8 Å². The zero-order chi connectivity index (χ0) is 5.70. The molecule has 0 fully saturated rings. The minimum Gasteiger partial charge on any atom is -0.369 e. The highest BCUT2D eigenvalue weighted by atomic mass is 16.7. The minimum absolute atomic E-state index is 0.266. The van der Waals surface area contributed by atoms with Crippen LogP contribution in [0.1, 0.15) is 13.8 Å². The van der Waals surface area contributed by atoms with Crippen molar-refractivity contribution in [3.05, 3.63) is 0 Å². The van der Waals surface area contributed by atoms with E-state index in [1.54, 1.807) is 0 Å². The van der Waals surface area contributed by atoms with Crippen LogP contribution in [0.3, 0.4) is 0 Å². The van der Waals surface area contributed by atoms with Gasteiger partial charge in [-0.2, -0.15) is 5.48 Å². The molecule has 44 valence electrons. The molecule has 0 rings (SSSR count). The molecule has 0 heterocycles. The molecule has 0 saturated heterocycles. The average molecular weight is 105 g/mol.